The van der Waals surface area contributed by atoms with Crippen LogP contribution in [0.15, 0.2) is 40.2 Å². The predicted molar refractivity (Wildman–Crippen MR) is 109 cm³/mol. The number of aryl methyl sites for hydroxylation is 1. The van der Waals surface area contributed by atoms with Gasteiger partial charge in [0, 0.05) is 36.0 Å². The Bertz CT molecular complexity index is 1330. The summed E-state index contributed by atoms with van der Waals surface area (Å²) < 4.78 is 7.42. The molecular weight excluding hydrogens is 422 g/mol. The first-order valence-corrected chi connectivity index (χ1v) is 8.97. The zero-order valence-corrected chi connectivity index (χ0v) is 16.7. The van der Waals surface area contributed by atoms with Crippen molar-refractivity contribution < 1.29 is 14.3 Å². The van der Waals surface area contributed by atoms with Crippen molar-refractivity contribution in [1.29, 1.82) is 0 Å². The largest absolute Gasteiger partial charge is 0.378 e. The number of nitrogens with two attached hydrogens (primary N) is 1. The zero-order valence-electron chi connectivity index (χ0n) is 16.7. The molecule has 0 saturated carbocycles. The van der Waals surface area contributed by atoms with E-state index < -0.39 is 10.8 Å². The Balaban J connectivity index is 1.71. The van der Waals surface area contributed by atoms with Crippen LogP contribution in [0.3, 0.4) is 0 Å². The molecule has 0 unspecified atom stereocenters. The van der Waals surface area contributed by atoms with E-state index in [0.29, 0.717) is 11.1 Å². The molecule has 0 aliphatic carbocycles. The smallest absolute Gasteiger partial charge is 0.294 e. The molecule has 0 saturated heterocycles. The van der Waals surface area contributed by atoms with E-state index in [-0.39, 0.29) is 28.7 Å². The van der Waals surface area contributed by atoms with Crippen LogP contribution < -0.4 is 11.2 Å². The maximum Gasteiger partial charge on any atom is 0.294 e. The summed E-state index contributed by atoms with van der Waals surface area (Å²) in [5.74, 6) is -0.771. The number of nitro groups is 1. The summed E-state index contributed by atoms with van der Waals surface area (Å²) in [5.41, 5.74) is 10.00. The molecule has 3 heterocycles. The van der Waals surface area contributed by atoms with E-state index >= 15 is 0 Å². The van der Waals surface area contributed by atoms with Gasteiger partial charge in [0.1, 0.15) is 5.69 Å². The van der Waals surface area contributed by atoms with E-state index in [9.17, 15) is 14.9 Å². The quantitative estimate of drug-likeness (QED) is 0.245. The van der Waals surface area contributed by atoms with Gasteiger partial charge in [0.05, 0.1) is 17.3 Å². The van der Waals surface area contributed by atoms with Gasteiger partial charge in [-0.1, -0.05) is 5.21 Å². The summed E-state index contributed by atoms with van der Waals surface area (Å²) in [6.07, 6.45) is 3.04. The van der Waals surface area contributed by atoms with E-state index in [0.717, 1.165) is 10.4 Å². The number of anilines is 1. The zero-order chi connectivity index (χ0) is 22.8. The van der Waals surface area contributed by atoms with Gasteiger partial charge in [-0.3, -0.25) is 19.6 Å². The number of aromatic nitrogens is 7. The molecule has 0 atom stereocenters. The first kappa shape index (κ1) is 20.3. The van der Waals surface area contributed by atoms with Crippen molar-refractivity contribution in [2.45, 2.75) is 6.92 Å². The number of amides is 1. The number of nitro benzene ring substituents is 1. The average molecular weight is 437 g/mol. The van der Waals surface area contributed by atoms with Gasteiger partial charge in [-0.05, 0) is 29.4 Å². The van der Waals surface area contributed by atoms with Crippen LogP contribution in [-0.2, 0) is 7.05 Å². The minimum absolute atomic E-state index is 0.000566. The van der Waals surface area contributed by atoms with Gasteiger partial charge in [0.25, 0.3) is 11.6 Å². The molecule has 0 spiro atoms. The molecule has 0 fully saturated rings. The van der Waals surface area contributed by atoms with Crippen LogP contribution in [0, 0.1) is 17.0 Å². The van der Waals surface area contributed by atoms with E-state index in [1.54, 1.807) is 17.9 Å². The second kappa shape index (κ2) is 8.05. The van der Waals surface area contributed by atoms with E-state index in [1.165, 1.54) is 30.5 Å². The Morgan fingerprint density at radius 2 is 2.06 bits per heavy atom. The number of hydrogen-bond acceptors (Lipinski definition) is 11. The Morgan fingerprint density at radius 1 is 1.31 bits per heavy atom. The average Bonchev–Trinajstić information content (AvgIpc) is 3.48. The summed E-state index contributed by atoms with van der Waals surface area (Å²) in [7, 11) is 1.78. The lowest BCUT2D eigenvalue weighted by molar-refractivity contribution is -0.384. The van der Waals surface area contributed by atoms with E-state index in [1.807, 2.05) is 6.92 Å². The molecule has 4 rings (SSSR count). The minimum Gasteiger partial charge on any atom is -0.378 e. The number of non-ortho nitro benzene ring substituents is 1. The maximum atomic E-state index is 12.8. The molecule has 3 N–H and O–H groups in total. The molecule has 15 nitrogen and oxygen atoms in total. The fourth-order valence-electron chi connectivity index (χ4n) is 2.78. The lowest BCUT2D eigenvalue weighted by Crippen LogP contribution is -2.19. The Morgan fingerprint density at radius 3 is 2.66 bits per heavy atom. The van der Waals surface area contributed by atoms with E-state index in [2.05, 4.69) is 40.9 Å². The van der Waals surface area contributed by atoms with Crippen LogP contribution in [-0.4, -0.2) is 52.1 Å². The normalized spacial score (nSPS) is 11.2. The molecule has 15 heteroatoms. The molecule has 162 valence electrons. The van der Waals surface area contributed by atoms with Gasteiger partial charge in [-0.15, -0.1) is 5.10 Å². The highest BCUT2D eigenvalue weighted by molar-refractivity contribution is 5.98. The number of rotatable bonds is 6. The number of nitrogen functional groups attached to an aromatic ring is 1. The molecule has 0 radical (unpaired) electrons. The molecular formula is C17H15N11O4. The fourth-order valence-corrected chi connectivity index (χ4v) is 2.78. The van der Waals surface area contributed by atoms with Gasteiger partial charge in [-0.2, -0.15) is 14.9 Å². The van der Waals surface area contributed by atoms with Crippen LogP contribution in [0.25, 0.3) is 17.1 Å². The third-order valence-electron chi connectivity index (χ3n) is 4.58. The molecule has 0 bridgehead atoms. The predicted octanol–water partition coefficient (Wildman–Crippen LogP) is 0.614. The summed E-state index contributed by atoms with van der Waals surface area (Å²) >= 11 is 0. The van der Waals surface area contributed by atoms with Crippen molar-refractivity contribution >= 4 is 23.6 Å². The number of hydrogen-bond donors (Lipinski definition) is 2. The van der Waals surface area contributed by atoms with Crippen molar-refractivity contribution in [2.24, 2.45) is 12.1 Å². The first-order valence-electron chi connectivity index (χ1n) is 8.97. The van der Waals surface area contributed by atoms with Gasteiger partial charge < -0.3 is 5.73 Å². The highest BCUT2D eigenvalue weighted by Crippen LogP contribution is 2.28. The summed E-state index contributed by atoms with van der Waals surface area (Å²) in [5, 5.41) is 34.0. The topological polar surface area (TPSA) is 198 Å². The Kier molecular flexibility index (Phi) is 5.12. The summed E-state index contributed by atoms with van der Waals surface area (Å²) in [6.45, 7) is 1.85. The van der Waals surface area contributed by atoms with Gasteiger partial charge in [0.15, 0.2) is 5.69 Å². The van der Waals surface area contributed by atoms with Crippen LogP contribution in [0.4, 0.5) is 11.5 Å². The minimum atomic E-state index is -0.683. The standard InChI is InChI=1S/C17H15N11O4/c1-9-11(8-20-26(9)2)7-19-22-17(29)13-14(10-3-5-12(6-4-10)28(30)31)27(25-21-13)16-15(18)23-32-24-16/h3-8H,1-2H3,(H2,18,23)(H,22,29). The van der Waals surface area contributed by atoms with Gasteiger partial charge in [0.2, 0.25) is 11.6 Å². The molecule has 3 aromatic heterocycles. The van der Waals surface area contributed by atoms with Crippen LogP contribution in [0.1, 0.15) is 21.7 Å². The van der Waals surface area contributed by atoms with Crippen molar-refractivity contribution in [3.05, 3.63) is 57.5 Å². The molecule has 0 aliphatic heterocycles. The third-order valence-corrected chi connectivity index (χ3v) is 4.58. The Hall–Kier alpha value is -4.95. The highest BCUT2D eigenvalue weighted by atomic mass is 16.6. The number of carbonyl (C=O) groups excluding carboxylic acids is 1. The maximum absolute atomic E-state index is 12.8. The lowest BCUT2D eigenvalue weighted by Gasteiger charge is -2.05. The second-order valence-corrected chi connectivity index (χ2v) is 6.48. The van der Waals surface area contributed by atoms with Gasteiger partial charge in [-0.25, -0.2) is 10.1 Å². The van der Waals surface area contributed by atoms with Crippen molar-refractivity contribution in [1.82, 2.24) is 40.5 Å². The van der Waals surface area contributed by atoms with Gasteiger partial charge >= 0.3 is 0 Å². The van der Waals surface area contributed by atoms with Crippen molar-refractivity contribution in [3.8, 4) is 17.1 Å². The number of benzene rings is 1. The van der Waals surface area contributed by atoms with Crippen molar-refractivity contribution in [3.63, 3.8) is 0 Å². The van der Waals surface area contributed by atoms with Crippen LogP contribution >= 0.6 is 0 Å². The monoisotopic (exact) mass is 437 g/mol. The molecule has 32 heavy (non-hydrogen) atoms. The number of hydrazone groups is 1. The lowest BCUT2D eigenvalue weighted by atomic mass is 10.1. The Labute approximate surface area is 178 Å². The summed E-state index contributed by atoms with van der Waals surface area (Å²) in [6, 6.07) is 5.44. The van der Waals surface area contributed by atoms with Crippen LogP contribution in [0.5, 0.6) is 0 Å². The van der Waals surface area contributed by atoms with Crippen LogP contribution in [0.2, 0.25) is 0 Å². The molecule has 1 aromatic carbocycles. The first-order chi connectivity index (χ1) is 15.4. The SMILES string of the molecule is Cc1c(C=NNC(=O)c2nnn(-c3nonc3N)c2-c2ccc([N+](=O)[O-])cc2)cnn1C. The number of carbonyl (C=O) groups is 1. The molecule has 1 amide bonds. The second-order valence-electron chi connectivity index (χ2n) is 6.48. The summed E-state index contributed by atoms with van der Waals surface area (Å²) in [4.78, 5) is 23.2. The number of nitrogens with zero attached hydrogens (tertiary/aromatic N) is 9. The molecule has 0 aliphatic rings. The fraction of sp³-hybridized carbons (Fsp3) is 0.118. The number of nitrogens with one attached hydrogen (secondary N) is 1. The third kappa shape index (κ3) is 3.64. The highest BCUT2D eigenvalue weighted by Gasteiger charge is 2.25. The molecule has 4 aromatic rings. The van der Waals surface area contributed by atoms with E-state index in [4.69, 9.17) is 5.73 Å². The van der Waals surface area contributed by atoms with Crippen molar-refractivity contribution in [2.75, 3.05) is 5.73 Å².